The molecule has 0 N–H and O–H groups in total. The molecule has 7 nitrogen and oxygen atoms in total. The Morgan fingerprint density at radius 3 is 2.73 bits per heavy atom. The van der Waals surface area contributed by atoms with Crippen molar-refractivity contribution in [1.82, 2.24) is 9.80 Å². The van der Waals surface area contributed by atoms with Gasteiger partial charge in [-0.15, -0.1) is 4.40 Å². The van der Waals surface area contributed by atoms with E-state index in [9.17, 15) is 13.2 Å². The van der Waals surface area contributed by atoms with E-state index in [0.29, 0.717) is 24.5 Å². The number of carbonyl (C=O) groups excluding carboxylic acids is 1. The third-order valence-corrected chi connectivity index (χ3v) is 5.79. The first-order valence-corrected chi connectivity index (χ1v) is 10.2. The van der Waals surface area contributed by atoms with Gasteiger partial charge in [0.05, 0.1) is 6.04 Å². The van der Waals surface area contributed by atoms with Crippen LogP contribution in [0.3, 0.4) is 0 Å². The zero-order chi connectivity index (χ0) is 19.1. The Morgan fingerprint density at radius 2 is 2.04 bits per heavy atom. The van der Waals surface area contributed by atoms with Crippen LogP contribution in [-0.4, -0.2) is 61.9 Å². The second-order valence-electron chi connectivity index (χ2n) is 7.74. The predicted octanol–water partition coefficient (Wildman–Crippen LogP) is 2.47. The van der Waals surface area contributed by atoms with E-state index in [2.05, 4.69) is 4.40 Å². The number of rotatable bonds is 2. The van der Waals surface area contributed by atoms with E-state index < -0.39 is 15.6 Å². The first-order chi connectivity index (χ1) is 12.1. The van der Waals surface area contributed by atoms with Crippen molar-refractivity contribution in [2.45, 2.75) is 50.2 Å². The highest BCUT2D eigenvalue weighted by Crippen LogP contribution is 2.28. The SMILES string of the molecule is CN(C[C@@H]1CCCN1C(=O)OC(C)(C)C)C1=NS(=O)(=O)c2ccccc21. The Hall–Kier alpha value is -2.09. The number of hydrogen-bond donors (Lipinski definition) is 0. The summed E-state index contributed by atoms with van der Waals surface area (Å²) in [5.41, 5.74) is 0.0652. The Kier molecular flexibility index (Phi) is 4.72. The number of benzene rings is 1. The molecule has 0 aliphatic carbocycles. The van der Waals surface area contributed by atoms with Crippen LogP contribution in [0.15, 0.2) is 33.6 Å². The van der Waals surface area contributed by atoms with Gasteiger partial charge in [0.2, 0.25) is 0 Å². The minimum absolute atomic E-state index is 0.0342. The summed E-state index contributed by atoms with van der Waals surface area (Å²) in [6.07, 6.45) is 1.43. The lowest BCUT2D eigenvalue weighted by Crippen LogP contribution is -2.45. The Morgan fingerprint density at radius 1 is 1.35 bits per heavy atom. The van der Waals surface area contributed by atoms with Gasteiger partial charge >= 0.3 is 6.09 Å². The summed E-state index contributed by atoms with van der Waals surface area (Å²) in [6, 6.07) is 6.78. The van der Waals surface area contributed by atoms with E-state index in [4.69, 9.17) is 4.74 Å². The molecule has 1 aromatic rings. The van der Waals surface area contributed by atoms with E-state index in [1.54, 1.807) is 29.2 Å². The molecule has 26 heavy (non-hydrogen) atoms. The van der Waals surface area contributed by atoms with Crippen LogP contribution in [0.4, 0.5) is 4.79 Å². The van der Waals surface area contributed by atoms with Crippen molar-refractivity contribution in [3.05, 3.63) is 29.8 Å². The van der Waals surface area contributed by atoms with Gasteiger partial charge in [-0.2, -0.15) is 8.42 Å². The van der Waals surface area contributed by atoms with Crippen molar-refractivity contribution in [1.29, 1.82) is 0 Å². The van der Waals surface area contributed by atoms with Gasteiger partial charge in [-0.3, -0.25) is 0 Å². The Labute approximate surface area is 154 Å². The summed E-state index contributed by atoms with van der Waals surface area (Å²) in [5, 5.41) is 0. The molecular weight excluding hydrogens is 354 g/mol. The molecule has 142 valence electrons. The molecule has 0 bridgehead atoms. The number of hydrogen-bond acceptors (Lipinski definition) is 5. The van der Waals surface area contributed by atoms with Crippen LogP contribution in [0.25, 0.3) is 0 Å². The third kappa shape index (κ3) is 3.70. The van der Waals surface area contributed by atoms with Crippen molar-refractivity contribution < 1.29 is 17.9 Å². The van der Waals surface area contributed by atoms with Crippen LogP contribution in [-0.2, 0) is 14.8 Å². The van der Waals surface area contributed by atoms with E-state index in [1.165, 1.54) is 0 Å². The van der Waals surface area contributed by atoms with E-state index >= 15 is 0 Å². The molecule has 0 spiro atoms. The van der Waals surface area contributed by atoms with Gasteiger partial charge in [0.25, 0.3) is 10.0 Å². The number of amidine groups is 1. The molecule has 1 amide bonds. The van der Waals surface area contributed by atoms with Gasteiger partial charge in [-0.25, -0.2) is 4.79 Å². The second kappa shape index (κ2) is 6.57. The average molecular weight is 379 g/mol. The number of likely N-dealkylation sites (N-methyl/N-ethyl adjacent to an activating group) is 1. The molecule has 1 atom stereocenters. The van der Waals surface area contributed by atoms with Crippen molar-refractivity contribution >= 4 is 22.0 Å². The van der Waals surface area contributed by atoms with Crippen LogP contribution in [0, 0.1) is 0 Å². The molecule has 3 rings (SSSR count). The molecule has 1 aromatic carbocycles. The smallest absolute Gasteiger partial charge is 0.410 e. The Balaban J connectivity index is 1.76. The lowest BCUT2D eigenvalue weighted by Gasteiger charge is -2.31. The molecule has 0 aromatic heterocycles. The summed E-state index contributed by atoms with van der Waals surface area (Å²) >= 11 is 0. The normalized spacial score (nSPS) is 21.3. The summed E-state index contributed by atoms with van der Waals surface area (Å²) in [7, 11) is -1.84. The minimum Gasteiger partial charge on any atom is -0.444 e. The van der Waals surface area contributed by atoms with Crippen molar-refractivity contribution in [2.75, 3.05) is 20.1 Å². The highest BCUT2D eigenvalue weighted by atomic mass is 32.2. The highest BCUT2D eigenvalue weighted by molar-refractivity contribution is 7.90. The quantitative estimate of drug-likeness (QED) is 0.789. The highest BCUT2D eigenvalue weighted by Gasteiger charge is 2.35. The maximum Gasteiger partial charge on any atom is 0.410 e. The zero-order valence-corrected chi connectivity index (χ0v) is 16.4. The maximum atomic E-state index is 12.4. The molecule has 2 heterocycles. The molecule has 1 fully saturated rings. The lowest BCUT2D eigenvalue weighted by molar-refractivity contribution is 0.0215. The molecule has 2 aliphatic heterocycles. The van der Waals surface area contributed by atoms with Crippen LogP contribution < -0.4 is 0 Å². The van der Waals surface area contributed by atoms with E-state index in [-0.39, 0.29) is 17.0 Å². The summed E-state index contributed by atoms with van der Waals surface area (Å²) in [6.45, 7) is 6.68. The van der Waals surface area contributed by atoms with Crippen LogP contribution in [0.5, 0.6) is 0 Å². The fourth-order valence-electron chi connectivity index (χ4n) is 3.35. The van der Waals surface area contributed by atoms with Crippen molar-refractivity contribution in [3.8, 4) is 0 Å². The number of fused-ring (bicyclic) bond motifs is 1. The monoisotopic (exact) mass is 379 g/mol. The zero-order valence-electron chi connectivity index (χ0n) is 15.6. The topological polar surface area (TPSA) is 79.3 Å². The van der Waals surface area contributed by atoms with E-state index in [0.717, 1.165) is 12.8 Å². The summed E-state index contributed by atoms with van der Waals surface area (Å²) in [5.74, 6) is 0.427. The molecule has 8 heteroatoms. The number of nitrogens with zero attached hydrogens (tertiary/aromatic N) is 3. The van der Waals surface area contributed by atoms with Gasteiger partial charge in [-0.05, 0) is 45.7 Å². The van der Waals surface area contributed by atoms with Crippen molar-refractivity contribution in [3.63, 3.8) is 0 Å². The molecule has 0 unspecified atom stereocenters. The second-order valence-corrected chi connectivity index (χ2v) is 9.31. The molecule has 2 aliphatic rings. The fraction of sp³-hybridized carbons (Fsp3) is 0.556. The number of ether oxygens (including phenoxy) is 1. The van der Waals surface area contributed by atoms with E-state index in [1.807, 2.05) is 32.7 Å². The number of amides is 1. The van der Waals surface area contributed by atoms with Gasteiger partial charge in [0, 0.05) is 25.7 Å². The standard InChI is InChI=1S/C18H25N3O4S/c1-18(2,3)25-17(22)21-11-7-8-13(21)12-20(4)16-14-9-5-6-10-15(14)26(23,24)19-16/h5-6,9-10,13H,7-8,11-12H2,1-4H3/t13-/m0/s1. The summed E-state index contributed by atoms with van der Waals surface area (Å²) in [4.78, 5) is 16.2. The van der Waals surface area contributed by atoms with Gasteiger partial charge < -0.3 is 14.5 Å². The minimum atomic E-state index is -3.65. The van der Waals surface area contributed by atoms with Crippen LogP contribution in [0.2, 0.25) is 0 Å². The first kappa shape index (κ1) is 18.7. The van der Waals surface area contributed by atoms with Gasteiger partial charge in [0.1, 0.15) is 10.5 Å². The summed E-state index contributed by atoms with van der Waals surface area (Å²) < 4.78 is 33.9. The lowest BCUT2D eigenvalue weighted by atomic mass is 10.1. The number of carbonyl (C=O) groups is 1. The average Bonchev–Trinajstić information content (AvgIpc) is 3.09. The molecular formula is C18H25N3O4S. The van der Waals surface area contributed by atoms with Crippen LogP contribution >= 0.6 is 0 Å². The largest absolute Gasteiger partial charge is 0.444 e. The number of likely N-dealkylation sites (tertiary alicyclic amines) is 1. The predicted molar refractivity (Wildman–Crippen MR) is 98.8 cm³/mol. The van der Waals surface area contributed by atoms with Gasteiger partial charge in [-0.1, -0.05) is 12.1 Å². The van der Waals surface area contributed by atoms with Crippen LogP contribution in [0.1, 0.15) is 39.2 Å². The number of sulfonamides is 1. The third-order valence-electron chi connectivity index (χ3n) is 4.46. The molecule has 1 saturated heterocycles. The van der Waals surface area contributed by atoms with Crippen molar-refractivity contribution in [2.24, 2.45) is 4.40 Å². The Bertz CT molecular complexity index is 842. The molecule has 0 saturated carbocycles. The maximum absolute atomic E-state index is 12.4. The van der Waals surface area contributed by atoms with Gasteiger partial charge in [0.15, 0.2) is 5.84 Å². The first-order valence-electron chi connectivity index (χ1n) is 8.73. The fourth-order valence-corrected chi connectivity index (χ4v) is 4.60. The molecule has 0 radical (unpaired) electrons.